The predicted octanol–water partition coefficient (Wildman–Crippen LogP) is 3.66. The van der Waals surface area contributed by atoms with Gasteiger partial charge in [-0.3, -0.25) is 4.79 Å². The SMILES string of the molecule is C=C(C)C(=O)Oc1cc(-c2ccc(C=O)cc2)ccc1OC. The number of methoxy groups -OCH3 is 1. The molecule has 0 spiro atoms. The summed E-state index contributed by atoms with van der Waals surface area (Å²) in [5, 5.41) is 0. The Labute approximate surface area is 129 Å². The van der Waals surface area contributed by atoms with Crippen LogP contribution in [-0.4, -0.2) is 19.4 Å². The number of rotatable bonds is 5. The van der Waals surface area contributed by atoms with Crippen LogP contribution in [0.3, 0.4) is 0 Å². The third-order valence-electron chi connectivity index (χ3n) is 3.09. The highest BCUT2D eigenvalue weighted by molar-refractivity contribution is 5.89. The highest BCUT2D eigenvalue weighted by Crippen LogP contribution is 2.33. The number of carbonyl (C=O) groups is 2. The zero-order valence-electron chi connectivity index (χ0n) is 12.5. The van der Waals surface area contributed by atoms with E-state index >= 15 is 0 Å². The summed E-state index contributed by atoms with van der Waals surface area (Å²) in [6, 6.07) is 12.4. The number of hydrogen-bond acceptors (Lipinski definition) is 4. The fraction of sp³-hybridized carbons (Fsp3) is 0.111. The molecule has 2 aromatic carbocycles. The quantitative estimate of drug-likeness (QED) is 0.366. The van der Waals surface area contributed by atoms with Crippen molar-refractivity contribution in [1.29, 1.82) is 0 Å². The monoisotopic (exact) mass is 296 g/mol. The Morgan fingerprint density at radius 2 is 1.68 bits per heavy atom. The number of hydrogen-bond donors (Lipinski definition) is 0. The number of aldehydes is 1. The van der Waals surface area contributed by atoms with Crippen LogP contribution >= 0.6 is 0 Å². The zero-order chi connectivity index (χ0) is 16.1. The standard InChI is InChI=1S/C18H16O4/c1-12(2)18(20)22-17-10-15(8-9-16(17)21-3)14-6-4-13(11-19)5-7-14/h4-11H,1H2,2-3H3. The van der Waals surface area contributed by atoms with E-state index in [0.29, 0.717) is 22.6 Å². The lowest BCUT2D eigenvalue weighted by molar-refractivity contribution is -0.130. The van der Waals surface area contributed by atoms with Gasteiger partial charge < -0.3 is 9.47 Å². The minimum absolute atomic E-state index is 0.308. The summed E-state index contributed by atoms with van der Waals surface area (Å²) < 4.78 is 10.5. The first-order chi connectivity index (χ1) is 10.5. The molecule has 0 radical (unpaired) electrons. The topological polar surface area (TPSA) is 52.6 Å². The second kappa shape index (κ2) is 6.72. The van der Waals surface area contributed by atoms with Crippen molar-refractivity contribution in [3.05, 3.63) is 60.2 Å². The Balaban J connectivity index is 2.38. The molecule has 0 N–H and O–H groups in total. The van der Waals surface area contributed by atoms with Crippen molar-refractivity contribution in [3.8, 4) is 22.6 Å². The molecular formula is C18H16O4. The molecule has 112 valence electrons. The minimum atomic E-state index is -0.508. The van der Waals surface area contributed by atoms with Gasteiger partial charge in [-0.15, -0.1) is 0 Å². The van der Waals surface area contributed by atoms with Crippen LogP contribution in [0.15, 0.2) is 54.6 Å². The Morgan fingerprint density at radius 3 is 2.23 bits per heavy atom. The third-order valence-corrected chi connectivity index (χ3v) is 3.09. The molecule has 4 nitrogen and oxygen atoms in total. The molecule has 0 amide bonds. The Morgan fingerprint density at radius 1 is 1.05 bits per heavy atom. The van der Waals surface area contributed by atoms with Gasteiger partial charge in [0.05, 0.1) is 7.11 Å². The maximum Gasteiger partial charge on any atom is 0.338 e. The van der Waals surface area contributed by atoms with Gasteiger partial charge in [0.2, 0.25) is 0 Å². The summed E-state index contributed by atoms with van der Waals surface area (Å²) in [4.78, 5) is 22.4. The highest BCUT2D eigenvalue weighted by Gasteiger charge is 2.12. The fourth-order valence-corrected chi connectivity index (χ4v) is 1.88. The Bertz CT molecular complexity index is 714. The van der Waals surface area contributed by atoms with Gasteiger partial charge in [0.1, 0.15) is 6.29 Å². The number of benzene rings is 2. The van der Waals surface area contributed by atoms with Crippen molar-refractivity contribution in [2.24, 2.45) is 0 Å². The molecule has 0 heterocycles. The molecular weight excluding hydrogens is 280 g/mol. The smallest absolute Gasteiger partial charge is 0.338 e. The van der Waals surface area contributed by atoms with Crippen molar-refractivity contribution in [2.45, 2.75) is 6.92 Å². The lowest BCUT2D eigenvalue weighted by Gasteiger charge is -2.11. The normalized spacial score (nSPS) is 9.91. The van der Waals surface area contributed by atoms with E-state index in [9.17, 15) is 9.59 Å². The molecule has 2 aromatic rings. The van der Waals surface area contributed by atoms with E-state index in [2.05, 4.69) is 6.58 Å². The average Bonchev–Trinajstić information content (AvgIpc) is 2.54. The lowest BCUT2D eigenvalue weighted by Crippen LogP contribution is -2.09. The lowest BCUT2D eigenvalue weighted by atomic mass is 10.0. The highest BCUT2D eigenvalue weighted by atomic mass is 16.6. The molecule has 22 heavy (non-hydrogen) atoms. The summed E-state index contributed by atoms with van der Waals surface area (Å²) in [6.45, 7) is 5.14. The van der Waals surface area contributed by atoms with Crippen molar-refractivity contribution >= 4 is 12.3 Å². The number of carbonyl (C=O) groups excluding carboxylic acids is 2. The van der Waals surface area contributed by atoms with Crippen molar-refractivity contribution in [3.63, 3.8) is 0 Å². The van der Waals surface area contributed by atoms with E-state index in [-0.39, 0.29) is 0 Å². The second-order valence-corrected chi connectivity index (χ2v) is 4.78. The number of esters is 1. The molecule has 0 aliphatic carbocycles. The zero-order valence-corrected chi connectivity index (χ0v) is 12.5. The fourth-order valence-electron chi connectivity index (χ4n) is 1.88. The third kappa shape index (κ3) is 3.41. The van der Waals surface area contributed by atoms with Crippen LogP contribution in [0.25, 0.3) is 11.1 Å². The van der Waals surface area contributed by atoms with E-state index in [1.165, 1.54) is 7.11 Å². The van der Waals surface area contributed by atoms with Crippen molar-refractivity contribution in [1.82, 2.24) is 0 Å². The van der Waals surface area contributed by atoms with E-state index < -0.39 is 5.97 Å². The van der Waals surface area contributed by atoms with Crippen LogP contribution in [0.1, 0.15) is 17.3 Å². The summed E-state index contributed by atoms with van der Waals surface area (Å²) in [6.07, 6.45) is 0.790. The van der Waals surface area contributed by atoms with Crippen molar-refractivity contribution < 1.29 is 19.1 Å². The molecule has 0 saturated carbocycles. The van der Waals surface area contributed by atoms with Crippen molar-refractivity contribution in [2.75, 3.05) is 7.11 Å². The van der Waals surface area contributed by atoms with Gasteiger partial charge in [0.25, 0.3) is 0 Å². The molecule has 2 rings (SSSR count). The maximum absolute atomic E-state index is 11.7. The van der Waals surface area contributed by atoms with Crippen LogP contribution in [0.4, 0.5) is 0 Å². The molecule has 4 heteroatoms. The van der Waals surface area contributed by atoms with Crippen LogP contribution in [0.5, 0.6) is 11.5 Å². The van der Waals surface area contributed by atoms with Crippen LogP contribution in [0.2, 0.25) is 0 Å². The van der Waals surface area contributed by atoms with Crippen LogP contribution in [0, 0.1) is 0 Å². The van der Waals surface area contributed by atoms with Crippen LogP contribution < -0.4 is 9.47 Å². The first-order valence-electron chi connectivity index (χ1n) is 6.66. The van der Waals surface area contributed by atoms with Gasteiger partial charge in [0.15, 0.2) is 11.5 Å². The van der Waals surface area contributed by atoms with E-state index in [0.717, 1.165) is 17.4 Å². The molecule has 0 fully saturated rings. The van der Waals surface area contributed by atoms with Gasteiger partial charge >= 0.3 is 5.97 Å². The van der Waals surface area contributed by atoms with E-state index in [4.69, 9.17) is 9.47 Å². The number of ether oxygens (including phenoxy) is 2. The van der Waals surface area contributed by atoms with Gasteiger partial charge in [-0.1, -0.05) is 36.9 Å². The summed E-state index contributed by atoms with van der Waals surface area (Å²) in [7, 11) is 1.51. The molecule has 0 aliphatic heterocycles. The Kier molecular flexibility index (Phi) is 4.73. The van der Waals surface area contributed by atoms with Gasteiger partial charge in [-0.25, -0.2) is 4.79 Å². The van der Waals surface area contributed by atoms with Crippen LogP contribution in [-0.2, 0) is 4.79 Å². The first kappa shape index (κ1) is 15.5. The second-order valence-electron chi connectivity index (χ2n) is 4.78. The average molecular weight is 296 g/mol. The predicted molar refractivity (Wildman–Crippen MR) is 84.3 cm³/mol. The Hall–Kier alpha value is -2.88. The molecule has 0 saturated heterocycles. The molecule has 0 unspecified atom stereocenters. The first-order valence-corrected chi connectivity index (χ1v) is 6.66. The summed E-state index contributed by atoms with van der Waals surface area (Å²) in [5.74, 6) is 0.280. The minimum Gasteiger partial charge on any atom is -0.493 e. The summed E-state index contributed by atoms with van der Waals surface area (Å²) >= 11 is 0. The molecule has 0 aliphatic rings. The summed E-state index contributed by atoms with van der Waals surface area (Å²) in [5.41, 5.74) is 2.66. The molecule has 0 bridgehead atoms. The van der Waals surface area contributed by atoms with Gasteiger partial charge in [-0.05, 0) is 30.2 Å². The van der Waals surface area contributed by atoms with Gasteiger partial charge in [-0.2, -0.15) is 0 Å². The largest absolute Gasteiger partial charge is 0.493 e. The van der Waals surface area contributed by atoms with E-state index in [1.807, 2.05) is 18.2 Å². The van der Waals surface area contributed by atoms with E-state index in [1.54, 1.807) is 31.2 Å². The van der Waals surface area contributed by atoms with Gasteiger partial charge in [0, 0.05) is 11.1 Å². The molecule has 0 aromatic heterocycles. The molecule has 0 atom stereocenters. The maximum atomic E-state index is 11.7.